The highest BCUT2D eigenvalue weighted by atomic mass is 79.9. The number of nitrogens with zero attached hydrogens (tertiary/aromatic N) is 2. The van der Waals surface area contributed by atoms with Crippen LogP contribution in [-0.2, 0) is 5.41 Å². The van der Waals surface area contributed by atoms with E-state index in [1.54, 1.807) is 0 Å². The lowest BCUT2D eigenvalue weighted by atomic mass is 9.96. The third kappa shape index (κ3) is 3.58. The van der Waals surface area contributed by atoms with E-state index in [2.05, 4.69) is 80.9 Å². The van der Waals surface area contributed by atoms with Gasteiger partial charge in [0.25, 0.3) is 0 Å². The van der Waals surface area contributed by atoms with Gasteiger partial charge in [0.15, 0.2) is 0 Å². The lowest BCUT2D eigenvalue weighted by molar-refractivity contribution is 0.544. The van der Waals surface area contributed by atoms with Gasteiger partial charge in [-0.25, -0.2) is 9.97 Å². The third-order valence-corrected chi connectivity index (χ3v) is 4.28. The molecule has 1 N–H and O–H groups in total. The van der Waals surface area contributed by atoms with Crippen LogP contribution in [0.3, 0.4) is 0 Å². The Labute approximate surface area is 136 Å². The lowest BCUT2D eigenvalue weighted by Crippen LogP contribution is -2.17. The highest BCUT2D eigenvalue weighted by Gasteiger charge is 2.19. The Morgan fingerprint density at radius 3 is 2.45 bits per heavy atom. The first-order valence-electron chi connectivity index (χ1n) is 6.34. The number of anilines is 2. The predicted molar refractivity (Wildman–Crippen MR) is 90.6 cm³/mol. The maximum atomic E-state index is 4.60. The van der Waals surface area contributed by atoms with Crippen LogP contribution in [0.15, 0.2) is 33.3 Å². The van der Waals surface area contributed by atoms with Crippen molar-refractivity contribution in [1.29, 1.82) is 0 Å². The Morgan fingerprint density at radius 2 is 1.80 bits per heavy atom. The van der Waals surface area contributed by atoms with E-state index in [0.717, 1.165) is 26.4 Å². The van der Waals surface area contributed by atoms with Crippen LogP contribution < -0.4 is 5.32 Å². The molecule has 106 valence electrons. The Hall–Kier alpha value is -0.940. The molecule has 5 heteroatoms. The number of aromatic nitrogens is 2. The molecule has 0 fully saturated rings. The van der Waals surface area contributed by atoms with Gasteiger partial charge in [0, 0.05) is 16.0 Å². The van der Waals surface area contributed by atoms with Crippen LogP contribution in [0.4, 0.5) is 11.5 Å². The van der Waals surface area contributed by atoms with Gasteiger partial charge < -0.3 is 5.32 Å². The number of hydrogen-bond donors (Lipinski definition) is 1. The molecule has 1 aromatic carbocycles. The Balaban J connectivity index is 2.39. The van der Waals surface area contributed by atoms with Gasteiger partial charge in [-0.05, 0) is 50.4 Å². The van der Waals surface area contributed by atoms with Crippen molar-refractivity contribution in [2.24, 2.45) is 0 Å². The average molecular weight is 399 g/mol. The molecule has 3 nitrogen and oxygen atoms in total. The van der Waals surface area contributed by atoms with E-state index in [1.807, 2.05) is 18.2 Å². The molecule has 0 radical (unpaired) electrons. The summed E-state index contributed by atoms with van der Waals surface area (Å²) >= 11 is 7.05. The SMILES string of the molecule is Cc1cccc(Nc2cc(Br)nc(C(C)(C)C)n2)c1Br. The number of rotatable bonds is 2. The third-order valence-electron chi connectivity index (χ3n) is 2.82. The molecule has 0 bridgehead atoms. The topological polar surface area (TPSA) is 37.8 Å². The Kier molecular flexibility index (Phi) is 4.49. The summed E-state index contributed by atoms with van der Waals surface area (Å²) in [6.07, 6.45) is 0. The van der Waals surface area contributed by atoms with E-state index in [4.69, 9.17) is 0 Å². The predicted octanol–water partition coefficient (Wildman–Crippen LogP) is 5.35. The van der Waals surface area contributed by atoms with Gasteiger partial charge in [-0.15, -0.1) is 0 Å². The molecule has 0 spiro atoms. The van der Waals surface area contributed by atoms with Crippen LogP contribution in [0.5, 0.6) is 0 Å². The maximum Gasteiger partial charge on any atom is 0.137 e. The summed E-state index contributed by atoms with van der Waals surface area (Å²) in [6.45, 7) is 8.36. The van der Waals surface area contributed by atoms with Crippen molar-refractivity contribution in [3.05, 3.63) is 44.7 Å². The minimum Gasteiger partial charge on any atom is -0.339 e. The molecule has 0 amide bonds. The van der Waals surface area contributed by atoms with E-state index in [1.165, 1.54) is 5.56 Å². The number of nitrogens with one attached hydrogen (secondary N) is 1. The van der Waals surface area contributed by atoms with E-state index >= 15 is 0 Å². The molecule has 2 aromatic rings. The van der Waals surface area contributed by atoms with E-state index < -0.39 is 0 Å². The van der Waals surface area contributed by atoms with Crippen LogP contribution in [-0.4, -0.2) is 9.97 Å². The summed E-state index contributed by atoms with van der Waals surface area (Å²) < 4.78 is 1.83. The van der Waals surface area contributed by atoms with Gasteiger partial charge >= 0.3 is 0 Å². The molecule has 1 aromatic heterocycles. The van der Waals surface area contributed by atoms with Crippen molar-refractivity contribution in [1.82, 2.24) is 9.97 Å². The van der Waals surface area contributed by atoms with Crippen molar-refractivity contribution >= 4 is 43.4 Å². The number of benzene rings is 1. The van der Waals surface area contributed by atoms with E-state index in [0.29, 0.717) is 0 Å². The monoisotopic (exact) mass is 397 g/mol. The Bertz CT molecular complexity index is 634. The second kappa shape index (κ2) is 5.82. The highest BCUT2D eigenvalue weighted by Crippen LogP contribution is 2.29. The van der Waals surface area contributed by atoms with Crippen LogP contribution in [0.25, 0.3) is 0 Å². The molecule has 0 aliphatic heterocycles. The fourth-order valence-electron chi connectivity index (χ4n) is 1.70. The number of halogens is 2. The van der Waals surface area contributed by atoms with Gasteiger partial charge in [0.05, 0.1) is 5.69 Å². The molecule has 0 atom stereocenters. The molecule has 20 heavy (non-hydrogen) atoms. The molecule has 0 saturated carbocycles. The molecular weight excluding hydrogens is 382 g/mol. The van der Waals surface area contributed by atoms with Crippen molar-refractivity contribution in [3.63, 3.8) is 0 Å². The van der Waals surface area contributed by atoms with E-state index in [-0.39, 0.29) is 5.41 Å². The second-order valence-electron chi connectivity index (χ2n) is 5.71. The van der Waals surface area contributed by atoms with E-state index in [9.17, 15) is 0 Å². The van der Waals surface area contributed by atoms with Crippen LogP contribution in [0.1, 0.15) is 32.2 Å². The lowest BCUT2D eigenvalue weighted by Gasteiger charge is -2.18. The average Bonchev–Trinajstić information content (AvgIpc) is 2.33. The van der Waals surface area contributed by atoms with Gasteiger partial charge in [-0.2, -0.15) is 0 Å². The molecule has 2 rings (SSSR count). The zero-order valence-corrected chi connectivity index (χ0v) is 15.1. The maximum absolute atomic E-state index is 4.60. The van der Waals surface area contributed by atoms with Crippen LogP contribution in [0.2, 0.25) is 0 Å². The van der Waals surface area contributed by atoms with Gasteiger partial charge in [-0.3, -0.25) is 0 Å². The molecule has 0 unspecified atom stereocenters. The second-order valence-corrected chi connectivity index (χ2v) is 7.32. The minimum atomic E-state index is -0.0932. The summed E-state index contributed by atoms with van der Waals surface area (Å²) in [4.78, 5) is 9.04. The summed E-state index contributed by atoms with van der Waals surface area (Å²) in [5.74, 6) is 1.58. The van der Waals surface area contributed by atoms with Crippen molar-refractivity contribution in [2.75, 3.05) is 5.32 Å². The van der Waals surface area contributed by atoms with Crippen LogP contribution >= 0.6 is 31.9 Å². The minimum absolute atomic E-state index is 0.0932. The molecule has 1 heterocycles. The number of aryl methyl sites for hydroxylation is 1. The van der Waals surface area contributed by atoms with Crippen molar-refractivity contribution in [3.8, 4) is 0 Å². The molecule has 0 aliphatic carbocycles. The zero-order chi connectivity index (χ0) is 14.9. The van der Waals surface area contributed by atoms with Gasteiger partial charge in [0.2, 0.25) is 0 Å². The first kappa shape index (κ1) is 15.4. The fourth-order valence-corrected chi connectivity index (χ4v) is 2.45. The van der Waals surface area contributed by atoms with Crippen molar-refractivity contribution in [2.45, 2.75) is 33.1 Å². The largest absolute Gasteiger partial charge is 0.339 e. The highest BCUT2D eigenvalue weighted by molar-refractivity contribution is 9.10. The van der Waals surface area contributed by atoms with Gasteiger partial charge in [0.1, 0.15) is 16.2 Å². The summed E-state index contributed by atoms with van der Waals surface area (Å²) in [5, 5.41) is 3.34. The molecule has 0 saturated heterocycles. The fraction of sp³-hybridized carbons (Fsp3) is 0.333. The standard InChI is InChI=1S/C15H17Br2N3/c1-9-6-5-7-10(13(9)17)18-12-8-11(16)19-14(20-12)15(2,3)4/h5-8H,1-4H3,(H,18,19,20). The quantitative estimate of drug-likeness (QED) is 0.692. The summed E-state index contributed by atoms with van der Waals surface area (Å²) in [7, 11) is 0. The zero-order valence-electron chi connectivity index (χ0n) is 12.0. The van der Waals surface area contributed by atoms with Gasteiger partial charge in [-0.1, -0.05) is 32.9 Å². The molecule has 0 aliphatic rings. The first-order chi connectivity index (χ1) is 9.27. The molecular formula is C15H17Br2N3. The Morgan fingerprint density at radius 1 is 1.10 bits per heavy atom. The smallest absolute Gasteiger partial charge is 0.137 e. The summed E-state index contributed by atoms with van der Waals surface area (Å²) in [6, 6.07) is 7.98. The van der Waals surface area contributed by atoms with Crippen molar-refractivity contribution < 1.29 is 0 Å². The summed E-state index contributed by atoms with van der Waals surface area (Å²) in [5.41, 5.74) is 2.08. The number of hydrogen-bond acceptors (Lipinski definition) is 3. The van der Waals surface area contributed by atoms with Crippen LogP contribution in [0, 0.1) is 6.92 Å². The normalized spacial score (nSPS) is 11.5. The first-order valence-corrected chi connectivity index (χ1v) is 7.93.